The van der Waals surface area contributed by atoms with Crippen LogP contribution in [-0.2, 0) is 52.2 Å². The Balaban J connectivity index is 1.40. The van der Waals surface area contributed by atoms with Gasteiger partial charge in [0, 0.05) is 61.5 Å². The predicted molar refractivity (Wildman–Crippen MR) is 285 cm³/mol. The molecule has 4 aliphatic rings. The number of ether oxygens (including phenoxy) is 9. The van der Waals surface area contributed by atoms with Crippen LogP contribution in [0, 0.1) is 23.7 Å². The van der Waals surface area contributed by atoms with E-state index >= 15 is 4.79 Å². The van der Waals surface area contributed by atoms with E-state index in [4.69, 9.17) is 47.6 Å². The Kier molecular flexibility index (Phi) is 19.0. The average Bonchev–Trinajstić information content (AvgIpc) is 3.38. The second-order valence-electron chi connectivity index (χ2n) is 22.7. The number of hydrogen-bond acceptors (Lipinski definition) is 16. The average molecular weight is 1060 g/mol. The molecule has 3 saturated heterocycles. The largest absolute Gasteiger partial charge is 0.493 e. The number of carbonyl (C=O) groups excluding carboxylic acids is 3. The first-order valence-electron chi connectivity index (χ1n) is 27.0. The number of carbonyl (C=O) groups is 3. The minimum Gasteiger partial charge on any atom is -0.493 e. The number of benzene rings is 2. The first kappa shape index (κ1) is 59.0. The van der Waals surface area contributed by atoms with Gasteiger partial charge < -0.3 is 57.7 Å². The Bertz CT molecular complexity index is 2520. The molecule has 19 atom stereocenters. The number of nitrogens with zero attached hydrogens (tertiary/aromatic N) is 3. The Morgan fingerprint density at radius 2 is 1.62 bits per heavy atom. The minimum atomic E-state index is -1.86. The van der Waals surface area contributed by atoms with Gasteiger partial charge in [0.2, 0.25) is 5.91 Å². The smallest absolute Gasteiger partial charge is 0.338 e. The van der Waals surface area contributed by atoms with E-state index in [-0.39, 0.29) is 38.0 Å². The molecule has 17 heteroatoms. The molecular formula is C59H83N3O14. The zero-order chi connectivity index (χ0) is 55.4. The van der Waals surface area contributed by atoms with Gasteiger partial charge in [-0.2, -0.15) is 0 Å². The van der Waals surface area contributed by atoms with Crippen LogP contribution in [0.25, 0.3) is 10.9 Å². The van der Waals surface area contributed by atoms with Gasteiger partial charge in [0.25, 0.3) is 0 Å². The number of methoxy groups -OCH3 is 1. The third kappa shape index (κ3) is 12.9. The van der Waals surface area contributed by atoms with Gasteiger partial charge in [-0.25, -0.2) is 9.79 Å². The first-order chi connectivity index (χ1) is 35.9. The molecule has 0 spiro atoms. The molecule has 7 rings (SSSR count). The van der Waals surface area contributed by atoms with Crippen molar-refractivity contribution >= 4 is 34.5 Å². The first-order valence-corrected chi connectivity index (χ1v) is 27.0. The molecular weight excluding hydrogens is 975 g/mol. The highest BCUT2D eigenvalue weighted by Gasteiger charge is 2.55. The number of aliphatic hydroxyl groups excluding tert-OH is 1. The number of hydrogen-bond donors (Lipinski definition) is 2. The molecule has 0 saturated carbocycles. The second kappa shape index (κ2) is 24.5. The normalized spacial score (nSPS) is 39.9. The van der Waals surface area contributed by atoms with E-state index in [9.17, 15) is 19.8 Å². The third-order valence-corrected chi connectivity index (χ3v) is 16.4. The fourth-order valence-electron chi connectivity index (χ4n) is 12.2. The zero-order valence-corrected chi connectivity index (χ0v) is 46.9. The SMILES string of the molecule is CC[C@H]1OC(=O)[C@H](C)[C@@H](O[C@H]2C[C@@](C)(OC)[C@@H](OC(=O)c3ccccc3)[C@H](C)O2)[C@H](C)[C@@H](O[C@@H]2O[C@H](C)C[C@H](N(C)C)[C@H]2O)[C@]2(C)C[C@@H](C)C(=NC(C)=O)[C@H](C)[C@@H](OCC(c3cnc4ccccc4c3)/C=C\O2)[C@]1(C)O. The van der Waals surface area contributed by atoms with Crippen LogP contribution >= 0.6 is 0 Å². The van der Waals surface area contributed by atoms with Gasteiger partial charge in [-0.1, -0.05) is 64.1 Å². The van der Waals surface area contributed by atoms with Crippen LogP contribution in [0.3, 0.4) is 0 Å². The van der Waals surface area contributed by atoms with Gasteiger partial charge in [0.05, 0.1) is 54.3 Å². The van der Waals surface area contributed by atoms with Crippen LogP contribution < -0.4 is 0 Å². The highest BCUT2D eigenvalue weighted by Crippen LogP contribution is 2.44. The van der Waals surface area contributed by atoms with E-state index in [1.165, 1.54) is 14.0 Å². The van der Waals surface area contributed by atoms with E-state index < -0.39 is 120 Å². The van der Waals surface area contributed by atoms with E-state index in [1.807, 2.05) is 110 Å². The summed E-state index contributed by atoms with van der Waals surface area (Å²) in [6.45, 7) is 19.7. The molecule has 5 heterocycles. The Labute approximate surface area is 448 Å². The van der Waals surface area contributed by atoms with Crippen molar-refractivity contribution in [3.05, 3.63) is 90.3 Å². The van der Waals surface area contributed by atoms with Crippen molar-refractivity contribution in [3.63, 3.8) is 0 Å². The highest BCUT2D eigenvalue weighted by molar-refractivity contribution is 5.98. The van der Waals surface area contributed by atoms with Crippen LogP contribution in [0.1, 0.15) is 124 Å². The lowest BCUT2D eigenvalue weighted by Gasteiger charge is -2.50. The number of amides is 1. The summed E-state index contributed by atoms with van der Waals surface area (Å²) >= 11 is 0. The molecule has 2 N–H and O–H groups in total. The Hall–Kier alpha value is -4.69. The van der Waals surface area contributed by atoms with Crippen molar-refractivity contribution < 1.29 is 67.2 Å². The lowest BCUT2D eigenvalue weighted by atomic mass is 9.73. The maximum atomic E-state index is 15.1. The van der Waals surface area contributed by atoms with Gasteiger partial charge >= 0.3 is 11.9 Å². The van der Waals surface area contributed by atoms with E-state index in [1.54, 1.807) is 57.5 Å². The number of aliphatic hydroxyl groups is 2. The standard InChI is InChI=1S/C59H83N3O14/c1-15-46-59(11,67)52-35(4)48(61-39(8)63)33(2)29-58(10,70-26-25-42(32-69-52)43-28-41-23-19-20-24-44(41)60-31-43)51(76-56-49(64)45(62(12)13)27-34(3)71-56)36(5)50(37(6)54(65)73-46)74-47-30-57(9,68-14)53(38(7)72-47)75-55(66)40-21-17-16-18-22-40/h16-26,28,31,33-38,42,45-47,49-53,56,64,67H,15,27,29-30,32H2,1-14H3/b26-25-,61-48?/t33-,34-,35+,36+,37-,38+,42?,45+,46-,47+,49-,50+,51-,52-,53+,56+,57-,58+,59-/m1/s1. The van der Waals surface area contributed by atoms with Gasteiger partial charge in [-0.3, -0.25) is 14.6 Å². The number of likely N-dealkylation sites (N-methyl/N-ethyl adjacent to an activating group) is 1. The van der Waals surface area contributed by atoms with Crippen molar-refractivity contribution in [2.45, 2.75) is 192 Å². The van der Waals surface area contributed by atoms with Crippen molar-refractivity contribution in [1.82, 2.24) is 9.88 Å². The lowest BCUT2D eigenvalue weighted by molar-refractivity contribution is -0.317. The quantitative estimate of drug-likeness (QED) is 0.185. The number of fused-ring (bicyclic) bond motifs is 6. The molecule has 3 aromatic rings. The van der Waals surface area contributed by atoms with Gasteiger partial charge in [0.15, 0.2) is 18.7 Å². The summed E-state index contributed by atoms with van der Waals surface area (Å²) in [4.78, 5) is 53.4. The second-order valence-corrected chi connectivity index (χ2v) is 22.7. The summed E-state index contributed by atoms with van der Waals surface area (Å²) in [6, 6.07) is 18.2. The molecule has 17 nitrogen and oxygen atoms in total. The zero-order valence-electron chi connectivity index (χ0n) is 46.9. The van der Waals surface area contributed by atoms with Gasteiger partial charge in [-0.05, 0) is 117 Å². The van der Waals surface area contributed by atoms with Crippen molar-refractivity contribution in [1.29, 1.82) is 0 Å². The van der Waals surface area contributed by atoms with E-state index in [2.05, 4.69) is 4.99 Å². The van der Waals surface area contributed by atoms with Crippen LogP contribution in [0.5, 0.6) is 0 Å². The molecule has 1 amide bonds. The fourth-order valence-corrected chi connectivity index (χ4v) is 12.2. The number of pyridine rings is 1. The molecule has 1 aromatic heterocycles. The van der Waals surface area contributed by atoms with Crippen molar-refractivity contribution in [3.8, 4) is 0 Å². The maximum Gasteiger partial charge on any atom is 0.338 e. The highest BCUT2D eigenvalue weighted by atomic mass is 16.7. The summed E-state index contributed by atoms with van der Waals surface area (Å²) in [5, 5.41) is 26.1. The number of rotatable bonds is 10. The van der Waals surface area contributed by atoms with Gasteiger partial charge in [0.1, 0.15) is 35.1 Å². The number of cyclic esters (lactones) is 1. The number of aliphatic imine (C=N–C) groups is 1. The molecule has 2 bridgehead atoms. The third-order valence-electron chi connectivity index (χ3n) is 16.4. The van der Waals surface area contributed by atoms with Crippen LogP contribution in [-0.4, -0.2) is 156 Å². The van der Waals surface area contributed by atoms with Crippen LogP contribution in [0.15, 0.2) is 84.2 Å². The summed E-state index contributed by atoms with van der Waals surface area (Å²) < 4.78 is 60.4. The fraction of sp³-hybridized carbons (Fsp3) is 0.644. The summed E-state index contributed by atoms with van der Waals surface area (Å²) in [7, 11) is 5.34. The molecule has 3 fully saturated rings. The van der Waals surface area contributed by atoms with Crippen LogP contribution in [0.2, 0.25) is 0 Å². The monoisotopic (exact) mass is 1060 g/mol. The lowest BCUT2D eigenvalue weighted by Crippen LogP contribution is -2.62. The number of para-hydroxylation sites is 1. The molecule has 418 valence electrons. The maximum absolute atomic E-state index is 15.1. The molecule has 4 aliphatic heterocycles. The van der Waals surface area contributed by atoms with E-state index in [0.717, 1.165) is 16.5 Å². The summed E-state index contributed by atoms with van der Waals surface area (Å²) in [5.74, 6) is -5.32. The Morgan fingerprint density at radius 1 is 0.921 bits per heavy atom. The van der Waals surface area contributed by atoms with E-state index in [0.29, 0.717) is 17.7 Å². The topological polar surface area (TPSA) is 203 Å². The summed E-state index contributed by atoms with van der Waals surface area (Å²) in [5.41, 5.74) is -1.96. The summed E-state index contributed by atoms with van der Waals surface area (Å²) in [6.07, 6.45) is -3.43. The molecule has 0 radical (unpaired) electrons. The molecule has 1 unspecified atom stereocenters. The number of aromatic nitrogens is 1. The predicted octanol–water partition coefficient (Wildman–Crippen LogP) is 7.98. The van der Waals surface area contributed by atoms with Crippen molar-refractivity contribution in [2.75, 3.05) is 27.8 Å². The Morgan fingerprint density at radius 3 is 2.29 bits per heavy atom. The van der Waals surface area contributed by atoms with Crippen LogP contribution in [0.4, 0.5) is 0 Å². The molecule has 76 heavy (non-hydrogen) atoms. The molecule has 0 aliphatic carbocycles. The minimum absolute atomic E-state index is 0.0228. The van der Waals surface area contributed by atoms with Crippen molar-refractivity contribution in [2.24, 2.45) is 28.7 Å². The van der Waals surface area contributed by atoms with Gasteiger partial charge in [-0.15, -0.1) is 0 Å². The molecule has 2 aromatic carbocycles. The number of esters is 2.